The number of methoxy groups -OCH3 is 2. The third-order valence-electron chi connectivity index (χ3n) is 4.38. The Hall–Kier alpha value is -3.22. The van der Waals surface area contributed by atoms with Gasteiger partial charge in [-0.05, 0) is 23.8 Å². The van der Waals surface area contributed by atoms with Gasteiger partial charge in [0.05, 0.1) is 14.2 Å². The molecule has 1 atom stereocenters. The van der Waals surface area contributed by atoms with E-state index in [1.54, 1.807) is 32.4 Å². The number of hydrogen-bond acceptors (Lipinski definition) is 4. The minimum absolute atomic E-state index is 0.205. The van der Waals surface area contributed by atoms with E-state index in [0.717, 1.165) is 11.3 Å². The summed E-state index contributed by atoms with van der Waals surface area (Å²) < 4.78 is 10.5. The molecule has 3 rings (SSSR count). The van der Waals surface area contributed by atoms with Gasteiger partial charge < -0.3 is 20.1 Å². The van der Waals surface area contributed by atoms with Crippen molar-refractivity contribution < 1.29 is 19.1 Å². The van der Waals surface area contributed by atoms with Crippen molar-refractivity contribution in [2.24, 2.45) is 0 Å². The molecular formula is C19H21N3O4. The molecule has 0 saturated carbocycles. The first kappa shape index (κ1) is 17.6. The van der Waals surface area contributed by atoms with E-state index in [-0.39, 0.29) is 11.9 Å². The Labute approximate surface area is 151 Å². The maximum absolute atomic E-state index is 12.9. The quantitative estimate of drug-likeness (QED) is 0.883. The number of likely N-dealkylation sites (N-methyl/N-ethyl adjacent to an activating group) is 1. The molecule has 26 heavy (non-hydrogen) atoms. The van der Waals surface area contributed by atoms with Gasteiger partial charge in [0.25, 0.3) is 0 Å². The minimum Gasteiger partial charge on any atom is -0.493 e. The van der Waals surface area contributed by atoms with E-state index in [4.69, 9.17) is 9.47 Å². The topological polar surface area (TPSA) is 79.9 Å². The Morgan fingerprint density at radius 1 is 1.08 bits per heavy atom. The fraction of sp³-hybridized carbons (Fsp3) is 0.263. The third-order valence-corrected chi connectivity index (χ3v) is 4.38. The van der Waals surface area contributed by atoms with Crippen molar-refractivity contribution in [1.29, 1.82) is 0 Å². The van der Waals surface area contributed by atoms with Crippen molar-refractivity contribution in [1.82, 2.24) is 5.32 Å². The fourth-order valence-electron chi connectivity index (χ4n) is 3.11. The first-order chi connectivity index (χ1) is 12.6. The average Bonchev–Trinajstić information content (AvgIpc) is 3.06. The first-order valence-electron chi connectivity index (χ1n) is 8.20. The number of nitrogens with one attached hydrogen (secondary N) is 2. The fourth-order valence-corrected chi connectivity index (χ4v) is 3.11. The highest BCUT2D eigenvalue weighted by molar-refractivity contribution is 6.08. The number of nitrogens with zero attached hydrogens (tertiary/aromatic N) is 1. The highest BCUT2D eigenvalue weighted by Gasteiger charge is 2.37. The van der Waals surface area contributed by atoms with Crippen molar-refractivity contribution in [3.8, 4) is 11.5 Å². The number of hydrogen-bond donors (Lipinski definition) is 2. The number of amides is 3. The molecule has 0 unspecified atom stereocenters. The Balaban J connectivity index is 1.88. The van der Waals surface area contributed by atoms with Crippen LogP contribution in [0.15, 0.2) is 42.5 Å². The summed E-state index contributed by atoms with van der Waals surface area (Å²) in [5.41, 5.74) is 2.25. The average molecular weight is 355 g/mol. The summed E-state index contributed by atoms with van der Waals surface area (Å²) in [5.74, 6) is 0.874. The molecule has 0 radical (unpaired) electrons. The monoisotopic (exact) mass is 355 g/mol. The maximum atomic E-state index is 12.9. The van der Waals surface area contributed by atoms with Crippen LogP contribution in [0.5, 0.6) is 11.5 Å². The maximum Gasteiger partial charge on any atom is 0.327 e. The van der Waals surface area contributed by atoms with E-state index >= 15 is 0 Å². The molecule has 136 valence electrons. The largest absolute Gasteiger partial charge is 0.493 e. The standard InChI is InChI=1S/C19H21N3O4/c1-20-18(23)15-10-12-6-4-5-7-14(12)22(15)19(24)21-13-8-9-16(25-2)17(11-13)26-3/h4-9,11,15H,10H2,1-3H3,(H,20,23)(H,21,24)/t15-/m1/s1. The Morgan fingerprint density at radius 3 is 2.50 bits per heavy atom. The summed E-state index contributed by atoms with van der Waals surface area (Å²) in [6, 6.07) is 11.7. The van der Waals surface area contributed by atoms with Crippen LogP contribution in [0.25, 0.3) is 0 Å². The molecule has 1 aliphatic rings. The molecule has 2 aromatic rings. The lowest BCUT2D eigenvalue weighted by molar-refractivity contribution is -0.121. The van der Waals surface area contributed by atoms with E-state index in [1.165, 1.54) is 12.0 Å². The lowest BCUT2D eigenvalue weighted by atomic mass is 10.1. The number of ether oxygens (including phenoxy) is 2. The summed E-state index contributed by atoms with van der Waals surface area (Å²) in [5, 5.41) is 5.46. The predicted octanol–water partition coefficient (Wildman–Crippen LogP) is 2.41. The van der Waals surface area contributed by atoms with Crippen molar-refractivity contribution in [3.63, 3.8) is 0 Å². The van der Waals surface area contributed by atoms with E-state index in [1.807, 2.05) is 24.3 Å². The molecule has 7 nitrogen and oxygen atoms in total. The SMILES string of the molecule is CNC(=O)[C@H]1Cc2ccccc2N1C(=O)Nc1ccc(OC)c(OC)c1. The zero-order valence-corrected chi connectivity index (χ0v) is 14.9. The van der Waals surface area contributed by atoms with Gasteiger partial charge in [-0.1, -0.05) is 18.2 Å². The number of benzene rings is 2. The van der Waals surface area contributed by atoms with Crippen LogP contribution >= 0.6 is 0 Å². The molecule has 0 aromatic heterocycles. The van der Waals surface area contributed by atoms with Gasteiger partial charge in [-0.15, -0.1) is 0 Å². The molecule has 0 saturated heterocycles. The molecule has 2 aromatic carbocycles. The molecule has 7 heteroatoms. The number of carbonyl (C=O) groups excluding carboxylic acids is 2. The molecule has 1 heterocycles. The van der Waals surface area contributed by atoms with Gasteiger partial charge in [-0.2, -0.15) is 0 Å². The summed E-state index contributed by atoms with van der Waals surface area (Å²) in [6.07, 6.45) is 0.481. The van der Waals surface area contributed by atoms with Gasteiger partial charge in [0.15, 0.2) is 11.5 Å². The molecule has 0 fully saturated rings. The van der Waals surface area contributed by atoms with Crippen molar-refractivity contribution in [3.05, 3.63) is 48.0 Å². The van der Waals surface area contributed by atoms with Crippen LogP contribution in [-0.4, -0.2) is 39.2 Å². The summed E-state index contributed by atoms with van der Waals surface area (Å²) in [6.45, 7) is 0. The number of para-hydroxylation sites is 1. The minimum atomic E-state index is -0.586. The summed E-state index contributed by atoms with van der Waals surface area (Å²) >= 11 is 0. The van der Waals surface area contributed by atoms with E-state index in [9.17, 15) is 9.59 Å². The molecule has 2 N–H and O–H groups in total. The molecule has 0 aliphatic carbocycles. The van der Waals surface area contributed by atoms with Crippen molar-refractivity contribution >= 4 is 23.3 Å². The molecule has 3 amide bonds. The van der Waals surface area contributed by atoms with Crippen LogP contribution in [0.4, 0.5) is 16.2 Å². The number of carbonyl (C=O) groups is 2. The second-order valence-corrected chi connectivity index (χ2v) is 5.83. The normalized spacial score (nSPS) is 15.2. The smallest absolute Gasteiger partial charge is 0.327 e. The van der Waals surface area contributed by atoms with Gasteiger partial charge >= 0.3 is 6.03 Å². The Bertz CT molecular complexity index is 837. The highest BCUT2D eigenvalue weighted by atomic mass is 16.5. The van der Waals surface area contributed by atoms with E-state index in [2.05, 4.69) is 10.6 Å². The third kappa shape index (κ3) is 3.15. The predicted molar refractivity (Wildman–Crippen MR) is 99.0 cm³/mol. The van der Waals surface area contributed by atoms with Gasteiger partial charge in [-0.3, -0.25) is 9.69 Å². The van der Waals surface area contributed by atoms with E-state index in [0.29, 0.717) is 23.6 Å². The van der Waals surface area contributed by atoms with Crippen LogP contribution in [0.2, 0.25) is 0 Å². The number of fused-ring (bicyclic) bond motifs is 1. The van der Waals surface area contributed by atoms with Crippen LogP contribution in [0.1, 0.15) is 5.56 Å². The number of anilines is 2. The summed E-state index contributed by atoms with van der Waals surface area (Å²) in [7, 11) is 4.64. The molecule has 0 bridgehead atoms. The number of urea groups is 1. The van der Waals surface area contributed by atoms with Crippen LogP contribution in [-0.2, 0) is 11.2 Å². The van der Waals surface area contributed by atoms with Gasteiger partial charge in [-0.25, -0.2) is 4.79 Å². The van der Waals surface area contributed by atoms with Gasteiger partial charge in [0.1, 0.15) is 6.04 Å². The van der Waals surface area contributed by atoms with Crippen LogP contribution < -0.4 is 25.0 Å². The first-order valence-corrected chi connectivity index (χ1v) is 8.20. The van der Waals surface area contributed by atoms with Gasteiger partial charge in [0.2, 0.25) is 5.91 Å². The molecule has 0 spiro atoms. The van der Waals surface area contributed by atoms with Gasteiger partial charge in [0, 0.05) is 30.9 Å². The number of rotatable bonds is 4. The Kier molecular flexibility index (Phi) is 4.97. The second kappa shape index (κ2) is 7.35. The van der Waals surface area contributed by atoms with Crippen LogP contribution in [0.3, 0.4) is 0 Å². The molecule has 1 aliphatic heterocycles. The summed E-state index contributed by atoms with van der Waals surface area (Å²) in [4.78, 5) is 26.7. The second-order valence-electron chi connectivity index (χ2n) is 5.83. The zero-order chi connectivity index (χ0) is 18.7. The van der Waals surface area contributed by atoms with Crippen LogP contribution in [0, 0.1) is 0 Å². The Morgan fingerprint density at radius 2 is 1.81 bits per heavy atom. The highest BCUT2D eigenvalue weighted by Crippen LogP contribution is 2.34. The van der Waals surface area contributed by atoms with Crippen molar-refractivity contribution in [2.45, 2.75) is 12.5 Å². The molecular weight excluding hydrogens is 334 g/mol. The lowest BCUT2D eigenvalue weighted by Crippen LogP contribution is -2.48. The van der Waals surface area contributed by atoms with Crippen molar-refractivity contribution in [2.75, 3.05) is 31.5 Å². The lowest BCUT2D eigenvalue weighted by Gasteiger charge is -2.24. The zero-order valence-electron chi connectivity index (χ0n) is 14.9. The van der Waals surface area contributed by atoms with E-state index < -0.39 is 6.04 Å².